The van der Waals surface area contributed by atoms with Crippen molar-refractivity contribution >= 4 is 50.1 Å². The number of amides is 1. The summed E-state index contributed by atoms with van der Waals surface area (Å²) >= 11 is 1.11. The first kappa shape index (κ1) is 19.6. The Labute approximate surface area is 179 Å². The monoisotopic (exact) mass is 441 g/mol. The molecule has 2 atom stereocenters. The predicted molar refractivity (Wildman–Crippen MR) is 115 cm³/mol. The van der Waals surface area contributed by atoms with E-state index in [9.17, 15) is 14.7 Å². The molecule has 0 spiro atoms. The Hall–Kier alpha value is -3.35. The predicted octanol–water partition coefficient (Wildman–Crippen LogP) is 0.622. The normalized spacial score (nSPS) is 18.2. The molecule has 0 bridgehead atoms. The van der Waals surface area contributed by atoms with Gasteiger partial charge in [0.15, 0.2) is 11.9 Å². The number of nitrogens with one attached hydrogen (secondary N) is 1. The van der Waals surface area contributed by atoms with E-state index in [0.29, 0.717) is 39.2 Å². The number of aryl methyl sites for hydroxylation is 2. The van der Waals surface area contributed by atoms with E-state index in [-0.39, 0.29) is 12.4 Å². The third kappa shape index (κ3) is 3.07. The number of benzene rings is 1. The van der Waals surface area contributed by atoms with Crippen LogP contribution in [0, 0.1) is 6.92 Å². The number of aliphatic hydroxyl groups excluding tert-OH is 1. The smallest absolute Gasteiger partial charge is 0.282 e. The van der Waals surface area contributed by atoms with Crippen LogP contribution < -0.4 is 16.2 Å². The molecule has 3 aromatic heterocycles. The second-order valence-corrected chi connectivity index (χ2v) is 8.13. The highest BCUT2D eigenvalue weighted by molar-refractivity contribution is 7.14. The van der Waals surface area contributed by atoms with E-state index in [1.807, 2.05) is 6.92 Å². The number of nitrogen functional groups attached to an aromatic ring is 1. The third-order valence-corrected chi connectivity index (χ3v) is 6.33. The van der Waals surface area contributed by atoms with Gasteiger partial charge in [-0.25, -0.2) is 0 Å². The lowest BCUT2D eigenvalue weighted by Gasteiger charge is -2.32. The fraction of sp³-hybridized carbons (Fsp3) is 0.316. The Bertz CT molecular complexity index is 1370. The molecule has 12 heteroatoms. The van der Waals surface area contributed by atoms with Crippen LogP contribution in [-0.2, 0) is 16.6 Å². The highest BCUT2D eigenvalue weighted by Crippen LogP contribution is 2.30. The lowest BCUT2D eigenvalue weighted by molar-refractivity contribution is -0.143. The minimum Gasteiger partial charge on any atom is -0.382 e. The summed E-state index contributed by atoms with van der Waals surface area (Å²) in [6.45, 7) is 2.40. The number of aromatic nitrogens is 5. The molecule has 0 saturated carbocycles. The number of hydrogen-bond acceptors (Lipinski definition) is 9. The average molecular weight is 441 g/mol. The molecule has 1 aliphatic rings. The Kier molecular flexibility index (Phi) is 4.50. The van der Waals surface area contributed by atoms with Gasteiger partial charge in [-0.3, -0.25) is 19.2 Å². The second-order valence-electron chi connectivity index (χ2n) is 7.35. The maximum atomic E-state index is 13.0. The van der Waals surface area contributed by atoms with E-state index in [1.54, 1.807) is 29.9 Å². The van der Waals surface area contributed by atoms with Crippen LogP contribution in [0.15, 0.2) is 23.0 Å². The molecule has 1 unspecified atom stereocenters. The Morgan fingerprint density at radius 2 is 2.19 bits per heavy atom. The SMILES string of the molecule is Cc1cc(N2CCO[C@H](C(O)c3nc(=O)c4c(ccc5c(N)nsc54)[nH]3)C2=O)nn1C. The van der Waals surface area contributed by atoms with Gasteiger partial charge < -0.3 is 20.6 Å². The molecule has 1 aromatic carbocycles. The number of aliphatic hydroxyl groups is 1. The minimum atomic E-state index is -1.46. The zero-order chi connectivity index (χ0) is 21.9. The topological polar surface area (TPSA) is 152 Å². The number of nitrogens with zero attached hydrogens (tertiary/aromatic N) is 5. The van der Waals surface area contributed by atoms with Crippen molar-refractivity contribution in [3.8, 4) is 0 Å². The number of hydrogen-bond donors (Lipinski definition) is 3. The Morgan fingerprint density at radius 1 is 1.39 bits per heavy atom. The zero-order valence-electron chi connectivity index (χ0n) is 16.7. The van der Waals surface area contributed by atoms with Gasteiger partial charge in [0.25, 0.3) is 11.5 Å². The molecule has 1 saturated heterocycles. The maximum Gasteiger partial charge on any atom is 0.282 e. The van der Waals surface area contributed by atoms with E-state index in [0.717, 1.165) is 17.2 Å². The lowest BCUT2D eigenvalue weighted by atomic mass is 10.1. The molecule has 31 heavy (non-hydrogen) atoms. The fourth-order valence-corrected chi connectivity index (χ4v) is 4.54. The summed E-state index contributed by atoms with van der Waals surface area (Å²) in [5.74, 6) is 0.323. The van der Waals surface area contributed by atoms with Gasteiger partial charge in [-0.05, 0) is 30.6 Å². The van der Waals surface area contributed by atoms with Crippen LogP contribution in [-0.4, -0.2) is 54.4 Å². The van der Waals surface area contributed by atoms with Crippen molar-refractivity contribution in [2.24, 2.45) is 7.05 Å². The van der Waals surface area contributed by atoms with Crippen molar-refractivity contribution in [1.29, 1.82) is 0 Å². The van der Waals surface area contributed by atoms with Gasteiger partial charge in [0, 0.05) is 24.2 Å². The van der Waals surface area contributed by atoms with Crippen molar-refractivity contribution in [1.82, 2.24) is 24.1 Å². The largest absolute Gasteiger partial charge is 0.382 e. The number of rotatable bonds is 3. The molecule has 5 rings (SSSR count). The molecule has 4 N–H and O–H groups in total. The number of carbonyl (C=O) groups excluding carboxylic acids is 1. The first-order valence-electron chi connectivity index (χ1n) is 9.54. The maximum absolute atomic E-state index is 13.0. The highest BCUT2D eigenvalue weighted by Gasteiger charge is 2.38. The second kappa shape index (κ2) is 7.11. The van der Waals surface area contributed by atoms with Gasteiger partial charge >= 0.3 is 0 Å². The van der Waals surface area contributed by atoms with E-state index in [4.69, 9.17) is 10.5 Å². The van der Waals surface area contributed by atoms with Crippen LogP contribution in [0.2, 0.25) is 0 Å². The van der Waals surface area contributed by atoms with Gasteiger partial charge in [0.1, 0.15) is 17.7 Å². The van der Waals surface area contributed by atoms with Crippen LogP contribution in [0.4, 0.5) is 11.6 Å². The summed E-state index contributed by atoms with van der Waals surface area (Å²) in [6.07, 6.45) is -2.68. The van der Waals surface area contributed by atoms with Gasteiger partial charge in [-0.15, -0.1) is 0 Å². The van der Waals surface area contributed by atoms with Crippen LogP contribution >= 0.6 is 11.5 Å². The molecular formula is C19H19N7O4S. The van der Waals surface area contributed by atoms with Gasteiger partial charge in [-0.2, -0.15) is 14.5 Å². The summed E-state index contributed by atoms with van der Waals surface area (Å²) in [5.41, 5.74) is 6.65. The average Bonchev–Trinajstić information content (AvgIpc) is 3.29. The van der Waals surface area contributed by atoms with Crippen molar-refractivity contribution < 1.29 is 14.6 Å². The molecule has 11 nitrogen and oxygen atoms in total. The Balaban J connectivity index is 1.51. The first-order chi connectivity index (χ1) is 14.8. The molecule has 0 aliphatic carbocycles. The number of aromatic amines is 1. The van der Waals surface area contributed by atoms with Crippen LogP contribution in [0.1, 0.15) is 17.6 Å². The lowest BCUT2D eigenvalue weighted by Crippen LogP contribution is -2.50. The van der Waals surface area contributed by atoms with Crippen LogP contribution in [0.25, 0.3) is 21.0 Å². The van der Waals surface area contributed by atoms with E-state index in [2.05, 4.69) is 19.4 Å². The number of fused-ring (bicyclic) bond motifs is 3. The standard InChI is InChI=1S/C19H19N7O4S/c1-8-7-11(23-25(8)2)26-5-6-30-14(19(26)29)13(27)17-21-10-4-3-9-15(31-24-16(9)20)12(10)18(28)22-17/h3-4,7,13-14,27H,5-6H2,1-2H3,(H2,20,24)(H,21,22,28)/t13?,14-/m1/s1. The molecular weight excluding hydrogens is 422 g/mol. The van der Waals surface area contributed by atoms with Gasteiger partial charge in [-0.1, -0.05) is 0 Å². The Morgan fingerprint density at radius 3 is 2.94 bits per heavy atom. The van der Waals surface area contributed by atoms with E-state index < -0.39 is 23.7 Å². The van der Waals surface area contributed by atoms with E-state index in [1.165, 1.54) is 4.90 Å². The molecule has 0 radical (unpaired) electrons. The summed E-state index contributed by atoms with van der Waals surface area (Å²) in [5, 5.41) is 16.2. The van der Waals surface area contributed by atoms with Crippen molar-refractivity contribution in [2.45, 2.75) is 19.1 Å². The number of carbonyl (C=O) groups is 1. The molecule has 1 amide bonds. The third-order valence-electron chi connectivity index (χ3n) is 5.43. The summed E-state index contributed by atoms with van der Waals surface area (Å²) in [7, 11) is 1.79. The number of nitrogens with two attached hydrogens (primary N) is 1. The number of H-pyrrole nitrogens is 1. The molecule has 160 valence electrons. The first-order valence-corrected chi connectivity index (χ1v) is 10.3. The van der Waals surface area contributed by atoms with Crippen LogP contribution in [0.5, 0.6) is 0 Å². The summed E-state index contributed by atoms with van der Waals surface area (Å²) < 4.78 is 11.9. The summed E-state index contributed by atoms with van der Waals surface area (Å²) in [6, 6.07) is 5.21. The summed E-state index contributed by atoms with van der Waals surface area (Å²) in [4.78, 5) is 34.2. The van der Waals surface area contributed by atoms with Crippen molar-refractivity contribution in [2.75, 3.05) is 23.8 Å². The van der Waals surface area contributed by atoms with Crippen molar-refractivity contribution in [3.05, 3.63) is 40.1 Å². The highest BCUT2D eigenvalue weighted by atomic mass is 32.1. The van der Waals surface area contributed by atoms with E-state index >= 15 is 0 Å². The number of ether oxygens (including phenoxy) is 1. The quantitative estimate of drug-likeness (QED) is 0.418. The molecule has 4 heterocycles. The zero-order valence-corrected chi connectivity index (χ0v) is 17.5. The van der Waals surface area contributed by atoms with Crippen molar-refractivity contribution in [3.63, 3.8) is 0 Å². The molecule has 1 aliphatic heterocycles. The minimum absolute atomic E-state index is 0.0493. The molecule has 4 aromatic rings. The van der Waals surface area contributed by atoms with Crippen LogP contribution in [0.3, 0.4) is 0 Å². The van der Waals surface area contributed by atoms with Gasteiger partial charge in [0.05, 0.1) is 28.8 Å². The van der Waals surface area contributed by atoms with Gasteiger partial charge in [0.2, 0.25) is 0 Å². The fourth-order valence-electron chi connectivity index (χ4n) is 3.69. The number of anilines is 2. The molecule has 1 fully saturated rings. The number of morpholine rings is 1.